The Labute approximate surface area is 86.5 Å². The van der Waals surface area contributed by atoms with E-state index in [1.54, 1.807) is 12.3 Å². The van der Waals surface area contributed by atoms with Crippen molar-refractivity contribution < 1.29 is 4.39 Å². The second-order valence-corrected chi connectivity index (χ2v) is 3.98. The van der Waals surface area contributed by atoms with Crippen molar-refractivity contribution in [3.8, 4) is 0 Å². The summed E-state index contributed by atoms with van der Waals surface area (Å²) in [7, 11) is 0. The Morgan fingerprint density at radius 2 is 2.31 bits per heavy atom. The highest BCUT2D eigenvalue weighted by Gasteiger charge is 2.07. The molecule has 72 valence electrons. The monoisotopic (exact) mass is 245 g/mol. The van der Waals surface area contributed by atoms with Crippen molar-refractivity contribution >= 4 is 15.9 Å². The number of rotatable bonds is 3. The number of hydrogen-bond acceptors (Lipinski definition) is 1. The first kappa shape index (κ1) is 10.6. The minimum absolute atomic E-state index is 0.277. The highest BCUT2D eigenvalue weighted by Crippen LogP contribution is 2.22. The molecule has 0 saturated heterocycles. The van der Waals surface area contributed by atoms with Crippen LogP contribution in [0.3, 0.4) is 0 Å². The molecule has 0 N–H and O–H groups in total. The summed E-state index contributed by atoms with van der Waals surface area (Å²) in [5.74, 6) is 0.112. The molecule has 1 atom stereocenters. The van der Waals surface area contributed by atoms with Crippen molar-refractivity contribution in [2.75, 3.05) is 0 Å². The van der Waals surface area contributed by atoms with Gasteiger partial charge in [-0.05, 0) is 39.9 Å². The molecular weight excluding hydrogens is 233 g/mol. The third-order valence-corrected chi connectivity index (χ3v) is 2.69. The second-order valence-electron chi connectivity index (χ2n) is 3.23. The molecule has 0 bridgehead atoms. The first-order valence-corrected chi connectivity index (χ1v) is 5.25. The van der Waals surface area contributed by atoms with E-state index in [-0.39, 0.29) is 5.82 Å². The van der Waals surface area contributed by atoms with E-state index in [1.165, 1.54) is 0 Å². The van der Waals surface area contributed by atoms with Gasteiger partial charge in [-0.2, -0.15) is 0 Å². The fraction of sp³-hybridized carbons (Fsp3) is 0.500. The predicted octanol–water partition coefficient (Wildman–Crippen LogP) is 3.89. The largest absolute Gasteiger partial charge is 0.246 e. The Bertz CT molecular complexity index is 288. The molecule has 1 aromatic heterocycles. The zero-order chi connectivity index (χ0) is 9.84. The quantitative estimate of drug-likeness (QED) is 0.737. The number of nitrogens with zero attached hydrogens (tertiary/aromatic N) is 1. The molecule has 0 amide bonds. The smallest absolute Gasteiger partial charge is 0.156 e. The molecule has 0 fully saturated rings. The van der Waals surface area contributed by atoms with E-state index in [0.717, 1.165) is 18.4 Å². The summed E-state index contributed by atoms with van der Waals surface area (Å²) in [6, 6.07) is 1.55. The Balaban J connectivity index is 2.84. The summed E-state index contributed by atoms with van der Waals surface area (Å²) in [6.45, 7) is 4.22. The first-order chi connectivity index (χ1) is 6.15. The third-order valence-electron chi connectivity index (χ3n) is 2.11. The molecule has 0 aromatic carbocycles. The van der Waals surface area contributed by atoms with Gasteiger partial charge in [0.15, 0.2) is 5.82 Å². The van der Waals surface area contributed by atoms with Crippen LogP contribution < -0.4 is 0 Å². The van der Waals surface area contributed by atoms with Gasteiger partial charge in [0.05, 0.1) is 0 Å². The SMILES string of the molecule is CCCC(C)c1cnc(Br)c(F)c1. The Morgan fingerprint density at radius 3 is 2.85 bits per heavy atom. The van der Waals surface area contributed by atoms with E-state index in [1.807, 2.05) is 0 Å². The van der Waals surface area contributed by atoms with Crippen LogP contribution in [0.4, 0.5) is 4.39 Å². The molecule has 0 aliphatic heterocycles. The van der Waals surface area contributed by atoms with Crippen molar-refractivity contribution in [3.05, 3.63) is 28.2 Å². The molecular formula is C10H13BrFN. The van der Waals surface area contributed by atoms with E-state index in [2.05, 4.69) is 34.8 Å². The molecule has 0 aliphatic rings. The molecule has 0 saturated carbocycles. The standard InChI is InChI=1S/C10H13BrFN/c1-3-4-7(2)8-5-9(12)10(11)13-6-8/h5-7H,3-4H2,1-2H3. The lowest BCUT2D eigenvalue weighted by Gasteiger charge is -2.09. The molecule has 1 heterocycles. The number of hydrogen-bond donors (Lipinski definition) is 0. The molecule has 1 nitrogen and oxygen atoms in total. The van der Waals surface area contributed by atoms with Gasteiger partial charge in [0, 0.05) is 6.20 Å². The average molecular weight is 246 g/mol. The molecule has 1 rings (SSSR count). The van der Waals surface area contributed by atoms with Crippen molar-refractivity contribution in [2.45, 2.75) is 32.6 Å². The third kappa shape index (κ3) is 2.76. The summed E-state index contributed by atoms with van der Waals surface area (Å²) in [5, 5.41) is 0. The van der Waals surface area contributed by atoms with Gasteiger partial charge < -0.3 is 0 Å². The minimum atomic E-state index is -0.277. The maximum absolute atomic E-state index is 13.1. The van der Waals surface area contributed by atoms with Crippen LogP contribution in [0.25, 0.3) is 0 Å². The lowest BCUT2D eigenvalue weighted by Crippen LogP contribution is -1.95. The van der Waals surface area contributed by atoms with Gasteiger partial charge in [-0.25, -0.2) is 9.37 Å². The highest BCUT2D eigenvalue weighted by atomic mass is 79.9. The van der Waals surface area contributed by atoms with E-state index in [0.29, 0.717) is 10.5 Å². The van der Waals surface area contributed by atoms with Crippen LogP contribution in [0.1, 0.15) is 38.2 Å². The van der Waals surface area contributed by atoms with Crippen LogP contribution in [-0.2, 0) is 0 Å². The van der Waals surface area contributed by atoms with Crippen LogP contribution in [0, 0.1) is 5.82 Å². The van der Waals surface area contributed by atoms with Gasteiger partial charge >= 0.3 is 0 Å². The number of aromatic nitrogens is 1. The summed E-state index contributed by atoms with van der Waals surface area (Å²) < 4.78 is 13.4. The van der Waals surface area contributed by atoms with Gasteiger partial charge in [-0.3, -0.25) is 0 Å². The maximum atomic E-state index is 13.1. The lowest BCUT2D eigenvalue weighted by molar-refractivity contribution is 0.598. The fourth-order valence-corrected chi connectivity index (χ4v) is 1.52. The molecule has 0 radical (unpaired) electrons. The van der Waals surface area contributed by atoms with Crippen LogP contribution in [0.5, 0.6) is 0 Å². The van der Waals surface area contributed by atoms with Crippen molar-refractivity contribution in [1.29, 1.82) is 0 Å². The van der Waals surface area contributed by atoms with Gasteiger partial charge in [-0.15, -0.1) is 0 Å². The van der Waals surface area contributed by atoms with E-state index < -0.39 is 0 Å². The normalized spacial score (nSPS) is 12.9. The van der Waals surface area contributed by atoms with E-state index in [4.69, 9.17) is 0 Å². The van der Waals surface area contributed by atoms with Crippen LogP contribution >= 0.6 is 15.9 Å². The van der Waals surface area contributed by atoms with Gasteiger partial charge in [0.25, 0.3) is 0 Å². The Morgan fingerprint density at radius 1 is 1.62 bits per heavy atom. The summed E-state index contributed by atoms with van der Waals surface area (Å²) in [4.78, 5) is 3.92. The predicted molar refractivity (Wildman–Crippen MR) is 55.2 cm³/mol. The molecule has 0 spiro atoms. The van der Waals surface area contributed by atoms with Crippen LogP contribution in [0.15, 0.2) is 16.9 Å². The number of pyridine rings is 1. The average Bonchev–Trinajstić information content (AvgIpc) is 2.10. The van der Waals surface area contributed by atoms with Crippen molar-refractivity contribution in [3.63, 3.8) is 0 Å². The van der Waals surface area contributed by atoms with Gasteiger partial charge in [0.2, 0.25) is 0 Å². The van der Waals surface area contributed by atoms with Crippen LogP contribution in [0.2, 0.25) is 0 Å². The summed E-state index contributed by atoms with van der Waals surface area (Å²) >= 11 is 3.03. The van der Waals surface area contributed by atoms with Crippen molar-refractivity contribution in [1.82, 2.24) is 4.98 Å². The summed E-state index contributed by atoms with van der Waals surface area (Å²) in [6.07, 6.45) is 3.91. The maximum Gasteiger partial charge on any atom is 0.156 e. The molecule has 3 heteroatoms. The molecule has 1 aromatic rings. The topological polar surface area (TPSA) is 12.9 Å². The minimum Gasteiger partial charge on any atom is -0.246 e. The van der Waals surface area contributed by atoms with Gasteiger partial charge in [0.1, 0.15) is 4.60 Å². The molecule has 0 aliphatic carbocycles. The van der Waals surface area contributed by atoms with Crippen LogP contribution in [-0.4, -0.2) is 4.98 Å². The highest BCUT2D eigenvalue weighted by molar-refractivity contribution is 9.10. The van der Waals surface area contributed by atoms with E-state index >= 15 is 0 Å². The fourth-order valence-electron chi connectivity index (χ4n) is 1.31. The van der Waals surface area contributed by atoms with Gasteiger partial charge in [-0.1, -0.05) is 20.3 Å². The number of halogens is 2. The van der Waals surface area contributed by atoms with E-state index in [9.17, 15) is 4.39 Å². The second kappa shape index (κ2) is 4.70. The zero-order valence-corrected chi connectivity index (χ0v) is 9.44. The molecule has 13 heavy (non-hydrogen) atoms. The Kier molecular flexibility index (Phi) is 3.85. The Hall–Kier alpha value is -0.440. The lowest BCUT2D eigenvalue weighted by atomic mass is 9.98. The molecule has 1 unspecified atom stereocenters. The summed E-state index contributed by atoms with van der Waals surface area (Å²) in [5.41, 5.74) is 0.975. The first-order valence-electron chi connectivity index (χ1n) is 4.46. The zero-order valence-electron chi connectivity index (χ0n) is 7.85. The van der Waals surface area contributed by atoms with Crippen molar-refractivity contribution in [2.24, 2.45) is 0 Å².